The molecule has 3 rings (SSSR count). The fourth-order valence-corrected chi connectivity index (χ4v) is 3.98. The Kier molecular flexibility index (Phi) is 4.20. The number of likely N-dealkylation sites (tertiary alicyclic amines) is 2. The van der Waals surface area contributed by atoms with Gasteiger partial charge in [0.2, 0.25) is 0 Å². The number of hydrogen-bond acceptors (Lipinski definition) is 3. The van der Waals surface area contributed by atoms with Crippen LogP contribution < -0.4 is 0 Å². The van der Waals surface area contributed by atoms with Gasteiger partial charge in [-0.2, -0.15) is 0 Å². The molecule has 0 amide bonds. The molecule has 0 spiro atoms. The summed E-state index contributed by atoms with van der Waals surface area (Å²) in [5.41, 5.74) is 1.19. The van der Waals surface area contributed by atoms with Crippen LogP contribution in [0.3, 0.4) is 0 Å². The van der Waals surface area contributed by atoms with Crippen LogP contribution in [0.2, 0.25) is 5.02 Å². The minimum Gasteiger partial charge on any atom is -0.506 e. The maximum Gasteiger partial charge on any atom is 0.134 e. The maximum absolute atomic E-state index is 9.48. The summed E-state index contributed by atoms with van der Waals surface area (Å²) >= 11 is 5.99. The summed E-state index contributed by atoms with van der Waals surface area (Å²) in [7, 11) is 2.27. The summed E-state index contributed by atoms with van der Waals surface area (Å²) < 4.78 is 0. The molecule has 0 saturated carbocycles. The van der Waals surface area contributed by atoms with E-state index in [1.807, 2.05) is 12.1 Å². The molecule has 110 valence electrons. The molecule has 1 aromatic rings. The van der Waals surface area contributed by atoms with Crippen LogP contribution in [0.5, 0.6) is 5.75 Å². The Morgan fingerprint density at radius 2 is 2.15 bits per heavy atom. The summed E-state index contributed by atoms with van der Waals surface area (Å²) in [6.45, 7) is 4.54. The topological polar surface area (TPSA) is 26.7 Å². The number of rotatable bonds is 2. The van der Waals surface area contributed by atoms with E-state index >= 15 is 0 Å². The van der Waals surface area contributed by atoms with Crippen molar-refractivity contribution in [3.63, 3.8) is 0 Å². The van der Waals surface area contributed by atoms with E-state index in [2.05, 4.69) is 16.8 Å². The minimum absolute atomic E-state index is 0.169. The van der Waals surface area contributed by atoms with Gasteiger partial charge in [-0.25, -0.2) is 0 Å². The summed E-state index contributed by atoms with van der Waals surface area (Å²) in [5, 5.41) is 9.94. The third kappa shape index (κ3) is 2.95. The lowest BCUT2D eigenvalue weighted by molar-refractivity contribution is 0.0355. The van der Waals surface area contributed by atoms with Crippen LogP contribution in [0.25, 0.3) is 0 Å². The number of benzene rings is 1. The van der Waals surface area contributed by atoms with E-state index in [-0.39, 0.29) is 5.75 Å². The van der Waals surface area contributed by atoms with E-state index < -0.39 is 0 Å². The number of nitrogens with zero attached hydrogens (tertiary/aromatic N) is 2. The molecule has 20 heavy (non-hydrogen) atoms. The zero-order valence-corrected chi connectivity index (χ0v) is 12.8. The minimum atomic E-state index is 0.169. The second-order valence-corrected chi connectivity index (χ2v) is 6.67. The molecule has 2 aliphatic rings. The van der Waals surface area contributed by atoms with Gasteiger partial charge in [-0.3, -0.25) is 4.90 Å². The molecule has 0 bridgehead atoms. The third-order valence-electron chi connectivity index (χ3n) is 4.85. The first kappa shape index (κ1) is 14.2. The highest BCUT2D eigenvalue weighted by Crippen LogP contribution is 2.31. The van der Waals surface area contributed by atoms with Crippen molar-refractivity contribution in [2.45, 2.75) is 31.8 Å². The lowest BCUT2D eigenvalue weighted by Crippen LogP contribution is -2.52. The normalized spacial score (nSPS) is 28.3. The first-order chi connectivity index (χ1) is 9.63. The van der Waals surface area contributed by atoms with Crippen molar-refractivity contribution < 1.29 is 5.11 Å². The van der Waals surface area contributed by atoms with Crippen LogP contribution >= 0.6 is 11.6 Å². The molecule has 1 N–H and O–H groups in total. The molecule has 0 aliphatic carbocycles. The third-order valence-corrected chi connectivity index (χ3v) is 5.15. The van der Waals surface area contributed by atoms with E-state index in [1.54, 1.807) is 6.07 Å². The monoisotopic (exact) mass is 294 g/mol. The van der Waals surface area contributed by atoms with Gasteiger partial charge in [-0.1, -0.05) is 17.7 Å². The lowest BCUT2D eigenvalue weighted by atomic mass is 9.84. The second kappa shape index (κ2) is 5.92. The van der Waals surface area contributed by atoms with Crippen molar-refractivity contribution in [2.75, 3.05) is 26.7 Å². The SMILES string of the molecule is CN1CCCC2CN(Cc3ccc(O)c(Cl)c3)CCC21. The Labute approximate surface area is 126 Å². The van der Waals surface area contributed by atoms with Gasteiger partial charge in [0.15, 0.2) is 0 Å². The summed E-state index contributed by atoms with van der Waals surface area (Å²) in [6, 6.07) is 6.33. The first-order valence-corrected chi connectivity index (χ1v) is 7.91. The second-order valence-electron chi connectivity index (χ2n) is 6.26. The van der Waals surface area contributed by atoms with E-state index in [0.29, 0.717) is 5.02 Å². The van der Waals surface area contributed by atoms with Crippen molar-refractivity contribution in [3.8, 4) is 5.75 Å². The number of hydrogen-bond donors (Lipinski definition) is 1. The van der Waals surface area contributed by atoms with Crippen molar-refractivity contribution in [1.82, 2.24) is 9.80 Å². The molecule has 2 heterocycles. The highest BCUT2D eigenvalue weighted by molar-refractivity contribution is 6.32. The molecule has 2 atom stereocenters. The zero-order valence-electron chi connectivity index (χ0n) is 12.1. The highest BCUT2D eigenvalue weighted by atomic mass is 35.5. The van der Waals surface area contributed by atoms with E-state index in [9.17, 15) is 5.11 Å². The van der Waals surface area contributed by atoms with E-state index in [0.717, 1.165) is 25.0 Å². The Hall–Kier alpha value is -0.770. The van der Waals surface area contributed by atoms with Crippen molar-refractivity contribution >= 4 is 11.6 Å². The standard InChI is InChI=1S/C16H23ClN2O/c1-18-7-2-3-13-11-19(8-6-15(13)18)10-12-4-5-16(20)14(17)9-12/h4-5,9,13,15,20H,2-3,6-8,10-11H2,1H3. The van der Waals surface area contributed by atoms with Gasteiger partial charge in [-0.15, -0.1) is 0 Å². The molecule has 2 unspecified atom stereocenters. The smallest absolute Gasteiger partial charge is 0.134 e. The van der Waals surface area contributed by atoms with Gasteiger partial charge < -0.3 is 10.0 Å². The Balaban J connectivity index is 1.63. The number of piperidine rings is 2. The van der Waals surface area contributed by atoms with Gasteiger partial charge in [0.1, 0.15) is 5.75 Å². The van der Waals surface area contributed by atoms with Gasteiger partial charge in [0.25, 0.3) is 0 Å². The summed E-state index contributed by atoms with van der Waals surface area (Å²) in [5.74, 6) is 0.984. The number of aromatic hydroxyl groups is 1. The number of phenols is 1. The van der Waals surface area contributed by atoms with E-state index in [4.69, 9.17) is 11.6 Å². The molecule has 0 radical (unpaired) electrons. The lowest BCUT2D eigenvalue weighted by Gasteiger charge is -2.46. The quantitative estimate of drug-likeness (QED) is 0.908. The first-order valence-electron chi connectivity index (χ1n) is 7.53. The van der Waals surface area contributed by atoms with Crippen LogP contribution in [0.1, 0.15) is 24.8 Å². The van der Waals surface area contributed by atoms with Gasteiger partial charge in [0, 0.05) is 19.1 Å². The van der Waals surface area contributed by atoms with Gasteiger partial charge in [-0.05, 0) is 63.0 Å². The van der Waals surface area contributed by atoms with Crippen molar-refractivity contribution in [3.05, 3.63) is 28.8 Å². The zero-order chi connectivity index (χ0) is 14.1. The molecule has 1 aromatic carbocycles. The molecule has 2 saturated heterocycles. The number of phenolic OH excluding ortho intramolecular Hbond substituents is 1. The average Bonchev–Trinajstić information content (AvgIpc) is 2.43. The molecule has 3 nitrogen and oxygen atoms in total. The predicted molar refractivity (Wildman–Crippen MR) is 82.2 cm³/mol. The fraction of sp³-hybridized carbons (Fsp3) is 0.625. The molecule has 4 heteroatoms. The molecular weight excluding hydrogens is 272 g/mol. The fourth-order valence-electron chi connectivity index (χ4n) is 3.78. The van der Waals surface area contributed by atoms with Crippen LogP contribution in [0.15, 0.2) is 18.2 Å². The average molecular weight is 295 g/mol. The molecular formula is C16H23ClN2O. The van der Waals surface area contributed by atoms with Gasteiger partial charge in [0.05, 0.1) is 5.02 Å². The van der Waals surface area contributed by atoms with Crippen LogP contribution in [-0.4, -0.2) is 47.6 Å². The summed E-state index contributed by atoms with van der Waals surface area (Å²) in [6.07, 6.45) is 3.96. The largest absolute Gasteiger partial charge is 0.506 e. The Morgan fingerprint density at radius 1 is 1.30 bits per heavy atom. The Morgan fingerprint density at radius 3 is 2.95 bits per heavy atom. The molecule has 2 aliphatic heterocycles. The van der Waals surface area contributed by atoms with Crippen LogP contribution in [0, 0.1) is 5.92 Å². The van der Waals surface area contributed by atoms with Crippen molar-refractivity contribution in [2.24, 2.45) is 5.92 Å². The Bertz CT molecular complexity index is 480. The predicted octanol–water partition coefficient (Wildman–Crippen LogP) is 2.96. The van der Waals surface area contributed by atoms with Crippen molar-refractivity contribution in [1.29, 1.82) is 0 Å². The number of fused-ring (bicyclic) bond motifs is 1. The van der Waals surface area contributed by atoms with Crippen LogP contribution in [-0.2, 0) is 6.54 Å². The number of halogens is 1. The van der Waals surface area contributed by atoms with E-state index in [1.165, 1.54) is 37.9 Å². The highest BCUT2D eigenvalue weighted by Gasteiger charge is 2.33. The summed E-state index contributed by atoms with van der Waals surface area (Å²) in [4.78, 5) is 5.08. The van der Waals surface area contributed by atoms with Crippen LogP contribution in [0.4, 0.5) is 0 Å². The maximum atomic E-state index is 9.48. The van der Waals surface area contributed by atoms with Gasteiger partial charge >= 0.3 is 0 Å². The molecule has 2 fully saturated rings. The molecule has 0 aromatic heterocycles.